The number of halogens is 4. The van der Waals surface area contributed by atoms with E-state index < -0.39 is 54.1 Å². The zero-order valence-electron chi connectivity index (χ0n) is 27.5. The van der Waals surface area contributed by atoms with E-state index >= 15 is 0 Å². The third-order valence-corrected chi connectivity index (χ3v) is 8.61. The van der Waals surface area contributed by atoms with Gasteiger partial charge in [0.15, 0.2) is 6.61 Å². The van der Waals surface area contributed by atoms with Gasteiger partial charge in [-0.3, -0.25) is 14.4 Å². The number of carbonyl (C=O) groups is 4. The molecular formula is C33H36ClF3N8O7. The minimum absolute atomic E-state index is 0.0428. The molecule has 0 spiro atoms. The molecule has 2 atom stereocenters. The lowest BCUT2D eigenvalue weighted by molar-refractivity contribution is -0.154. The quantitative estimate of drug-likeness (QED) is 0.0991. The number of rotatable bonds is 17. The molecule has 15 nitrogen and oxygen atoms in total. The Labute approximate surface area is 300 Å². The van der Waals surface area contributed by atoms with Gasteiger partial charge in [-0.05, 0) is 86.4 Å². The highest BCUT2D eigenvalue weighted by Gasteiger charge is 2.45. The molecular weight excluding hydrogens is 713 g/mol. The number of nitrogens with zero attached hydrogens (tertiary/aromatic N) is 3. The smallest absolute Gasteiger partial charge is 0.422 e. The number of alkyl halides is 3. The zero-order chi connectivity index (χ0) is 37.5. The van der Waals surface area contributed by atoms with Gasteiger partial charge in [0.25, 0.3) is 5.91 Å². The number of anilines is 3. The number of ether oxygens (including phenoxy) is 1. The van der Waals surface area contributed by atoms with Gasteiger partial charge in [-0.1, -0.05) is 23.7 Å². The third kappa shape index (κ3) is 10.9. The maximum absolute atomic E-state index is 12.9. The van der Waals surface area contributed by atoms with Gasteiger partial charge in [0.2, 0.25) is 11.9 Å². The van der Waals surface area contributed by atoms with Crippen molar-refractivity contribution < 1.29 is 47.3 Å². The van der Waals surface area contributed by atoms with Crippen molar-refractivity contribution in [1.29, 1.82) is 0 Å². The van der Waals surface area contributed by atoms with Crippen molar-refractivity contribution in [3.8, 4) is 6.01 Å². The Morgan fingerprint density at radius 2 is 1.60 bits per heavy atom. The number of carboxylic acids is 1. The number of aliphatic carboxylic acids is 1. The van der Waals surface area contributed by atoms with Crippen LogP contribution >= 0.6 is 11.6 Å². The SMILES string of the molecule is O=C(NCC[C@H](NC(=O)c1ccc(Nc2nc(NC3(c4ccc(Cl)cc4)CC3)nc(OCC(F)(F)F)n2)cc1)C(=O)O)C(=O)NC(CCO)C1CC1. The van der Waals surface area contributed by atoms with Gasteiger partial charge in [-0.25, -0.2) is 4.79 Å². The molecule has 3 aromatic rings. The lowest BCUT2D eigenvalue weighted by atomic mass is 10.1. The largest absolute Gasteiger partial charge is 0.480 e. The Balaban J connectivity index is 1.18. The van der Waals surface area contributed by atoms with Crippen molar-refractivity contribution >= 4 is 52.9 Å². The Bertz CT molecular complexity index is 1760. The van der Waals surface area contributed by atoms with Crippen molar-refractivity contribution in [2.75, 3.05) is 30.4 Å². The molecule has 0 saturated heterocycles. The summed E-state index contributed by atoms with van der Waals surface area (Å²) in [5.74, 6) is -3.96. The molecule has 5 rings (SSSR count). The van der Waals surface area contributed by atoms with Crippen molar-refractivity contribution in [2.24, 2.45) is 5.92 Å². The predicted molar refractivity (Wildman–Crippen MR) is 180 cm³/mol. The molecule has 52 heavy (non-hydrogen) atoms. The standard InChI is InChI=1S/C33H36ClF3N8O7/c34-21-7-5-20(6-8-21)32(13-14-32)45-30-42-29(43-31(44-30)52-17-33(35,36)37)39-22-9-3-19(4-10-22)25(47)41-24(28(50)51)11-15-38-26(48)27(49)40-23(12-16-46)18-1-2-18/h3-10,18,23-24,46H,1-2,11-17H2,(H,38,48)(H,40,49)(H,41,47)(H,50,51)(H2,39,42,43,44,45)/t23?,24-/m0/s1. The number of nitrogens with one attached hydrogen (secondary N) is 5. The fraction of sp³-hybridized carbons (Fsp3) is 0.424. The highest BCUT2D eigenvalue weighted by Crippen LogP contribution is 2.48. The molecule has 0 radical (unpaired) electrons. The first kappa shape index (κ1) is 38.0. The minimum atomic E-state index is -4.64. The van der Waals surface area contributed by atoms with Crippen LogP contribution in [-0.4, -0.2) is 86.9 Å². The second-order valence-corrected chi connectivity index (χ2v) is 12.9. The van der Waals surface area contributed by atoms with Crippen molar-refractivity contribution in [1.82, 2.24) is 30.9 Å². The first-order valence-corrected chi connectivity index (χ1v) is 16.7. The Hall–Kier alpha value is -5.23. The van der Waals surface area contributed by atoms with Crippen LogP contribution in [0.2, 0.25) is 5.02 Å². The molecule has 1 aromatic heterocycles. The van der Waals surface area contributed by atoms with Gasteiger partial charge in [-0.2, -0.15) is 28.1 Å². The van der Waals surface area contributed by atoms with Crippen molar-refractivity contribution in [3.05, 3.63) is 64.7 Å². The van der Waals surface area contributed by atoms with Crippen molar-refractivity contribution in [2.45, 2.75) is 62.3 Å². The molecule has 2 saturated carbocycles. The number of amides is 3. The van der Waals surface area contributed by atoms with Crippen LogP contribution < -0.4 is 31.3 Å². The Morgan fingerprint density at radius 1 is 0.923 bits per heavy atom. The fourth-order valence-corrected chi connectivity index (χ4v) is 5.44. The summed E-state index contributed by atoms with van der Waals surface area (Å²) in [6, 6.07) is 10.4. The lowest BCUT2D eigenvalue weighted by Gasteiger charge is -2.19. The molecule has 1 heterocycles. The summed E-state index contributed by atoms with van der Waals surface area (Å²) < 4.78 is 43.5. The number of carboxylic acid groups (broad SMARTS) is 1. The molecule has 19 heteroatoms. The van der Waals surface area contributed by atoms with Crippen LogP contribution in [-0.2, 0) is 19.9 Å². The highest BCUT2D eigenvalue weighted by atomic mass is 35.5. The lowest BCUT2D eigenvalue weighted by Crippen LogP contribution is -2.47. The Morgan fingerprint density at radius 3 is 2.19 bits per heavy atom. The molecule has 2 fully saturated rings. The number of hydrogen-bond acceptors (Lipinski definition) is 11. The first-order chi connectivity index (χ1) is 24.7. The zero-order valence-corrected chi connectivity index (χ0v) is 28.3. The van der Waals surface area contributed by atoms with Gasteiger partial charge in [-0.15, -0.1) is 0 Å². The van der Waals surface area contributed by atoms with E-state index in [4.69, 9.17) is 16.3 Å². The van der Waals surface area contributed by atoms with Crippen molar-refractivity contribution in [3.63, 3.8) is 0 Å². The topological polar surface area (TPSA) is 217 Å². The summed E-state index contributed by atoms with van der Waals surface area (Å²) in [6.07, 6.45) is -1.37. The summed E-state index contributed by atoms with van der Waals surface area (Å²) in [6.45, 7) is -2.00. The van der Waals surface area contributed by atoms with Gasteiger partial charge < -0.3 is 41.5 Å². The summed E-state index contributed by atoms with van der Waals surface area (Å²) in [7, 11) is 0. The van der Waals surface area contributed by atoms with Gasteiger partial charge in [0.1, 0.15) is 6.04 Å². The second kappa shape index (κ2) is 16.4. The van der Waals surface area contributed by atoms with Crippen LogP contribution in [0.3, 0.4) is 0 Å². The van der Waals surface area contributed by atoms with E-state index in [0.717, 1.165) is 18.4 Å². The summed E-state index contributed by atoms with van der Waals surface area (Å²) in [4.78, 5) is 61.4. The maximum Gasteiger partial charge on any atom is 0.422 e. The molecule has 2 aliphatic carbocycles. The van der Waals surface area contributed by atoms with Crippen LogP contribution in [0.25, 0.3) is 0 Å². The van der Waals surface area contributed by atoms with Crippen LogP contribution in [0, 0.1) is 5.92 Å². The number of aromatic nitrogens is 3. The van der Waals surface area contributed by atoms with Gasteiger partial charge >= 0.3 is 30.0 Å². The number of hydrogen-bond donors (Lipinski definition) is 7. The molecule has 278 valence electrons. The maximum atomic E-state index is 12.9. The monoisotopic (exact) mass is 748 g/mol. The summed E-state index contributed by atoms with van der Waals surface area (Å²) >= 11 is 6.01. The van der Waals surface area contributed by atoms with Crippen LogP contribution in [0.1, 0.15) is 54.4 Å². The predicted octanol–water partition coefficient (Wildman–Crippen LogP) is 3.28. The molecule has 2 aliphatic rings. The van der Waals surface area contributed by atoms with Gasteiger partial charge in [0, 0.05) is 35.5 Å². The van der Waals surface area contributed by atoms with E-state index in [-0.39, 0.29) is 49.0 Å². The average Bonchev–Trinajstić information content (AvgIpc) is 4.04. The van der Waals surface area contributed by atoms with E-state index in [1.807, 2.05) is 12.1 Å². The number of aliphatic hydroxyl groups excluding tert-OH is 1. The Kier molecular flexibility index (Phi) is 12.0. The highest BCUT2D eigenvalue weighted by molar-refractivity contribution is 6.35. The molecule has 2 aromatic carbocycles. The second-order valence-electron chi connectivity index (χ2n) is 12.4. The molecule has 7 N–H and O–H groups in total. The molecule has 0 aliphatic heterocycles. The van der Waals surface area contributed by atoms with E-state index in [1.165, 1.54) is 24.3 Å². The number of benzene rings is 2. The van der Waals surface area contributed by atoms with Crippen LogP contribution in [0.5, 0.6) is 6.01 Å². The molecule has 3 amide bonds. The van der Waals surface area contributed by atoms with E-state index in [9.17, 15) is 42.6 Å². The molecule has 1 unspecified atom stereocenters. The third-order valence-electron chi connectivity index (χ3n) is 8.36. The first-order valence-electron chi connectivity index (χ1n) is 16.3. The summed E-state index contributed by atoms with van der Waals surface area (Å²) in [5.41, 5.74) is 0.717. The number of carbonyl (C=O) groups excluding carboxylic acids is 3. The molecule has 0 bridgehead atoms. The fourth-order valence-electron chi connectivity index (χ4n) is 5.31. The minimum Gasteiger partial charge on any atom is -0.480 e. The normalized spacial score (nSPS) is 15.8. The van der Waals surface area contributed by atoms with Gasteiger partial charge in [0.05, 0.1) is 5.54 Å². The average molecular weight is 749 g/mol. The van der Waals surface area contributed by atoms with Crippen LogP contribution in [0.15, 0.2) is 48.5 Å². The van der Waals surface area contributed by atoms with E-state index in [2.05, 4.69) is 41.5 Å². The van der Waals surface area contributed by atoms with E-state index in [1.54, 1.807) is 12.1 Å². The van der Waals surface area contributed by atoms with E-state index in [0.29, 0.717) is 30.0 Å². The summed E-state index contributed by atoms with van der Waals surface area (Å²) in [5, 5.41) is 32.7. The number of aliphatic hydroxyl groups is 1. The van der Waals surface area contributed by atoms with Crippen LogP contribution in [0.4, 0.5) is 30.8 Å².